The molecule has 0 saturated carbocycles. The molecule has 0 aromatic heterocycles. The molecule has 0 atom stereocenters. The van der Waals surface area contributed by atoms with E-state index in [9.17, 15) is 10.2 Å². The molecule has 2 rings (SSSR count). The molecule has 0 radical (unpaired) electrons. The van der Waals surface area contributed by atoms with E-state index in [1.807, 2.05) is 32.0 Å². The number of nitrogens with zero attached hydrogens (tertiary/aromatic N) is 1. The molecular weight excluding hydrogens is 298 g/mol. The minimum Gasteiger partial charge on any atom is -0.504 e. The zero-order valence-corrected chi connectivity index (χ0v) is 13.1. The number of aryl methyl sites for hydroxylation is 2. The van der Waals surface area contributed by atoms with Gasteiger partial charge in [0.1, 0.15) is 0 Å². The van der Waals surface area contributed by atoms with Gasteiger partial charge in [-0.3, -0.25) is 5.43 Å². The highest BCUT2D eigenvalue weighted by atomic mass is 32.1. The lowest BCUT2D eigenvalue weighted by atomic mass is 10.1. The van der Waals surface area contributed by atoms with Crippen molar-refractivity contribution in [3.05, 3.63) is 53.1 Å². The first-order valence-electron chi connectivity index (χ1n) is 6.66. The van der Waals surface area contributed by atoms with Crippen LogP contribution in [-0.4, -0.2) is 21.5 Å². The Kier molecular flexibility index (Phi) is 4.95. The molecule has 0 spiro atoms. The number of phenolic OH excluding ortho intramolecular Hbond substituents is 2. The number of rotatable bonds is 3. The van der Waals surface area contributed by atoms with Crippen molar-refractivity contribution in [3.8, 4) is 11.5 Å². The van der Waals surface area contributed by atoms with E-state index in [-0.39, 0.29) is 11.5 Å². The number of hydrazone groups is 1. The fourth-order valence-electron chi connectivity index (χ4n) is 1.97. The summed E-state index contributed by atoms with van der Waals surface area (Å²) in [6.07, 6.45) is 1.38. The van der Waals surface area contributed by atoms with E-state index in [0.717, 1.165) is 16.8 Å². The monoisotopic (exact) mass is 315 g/mol. The van der Waals surface area contributed by atoms with Gasteiger partial charge >= 0.3 is 0 Å². The molecule has 0 amide bonds. The van der Waals surface area contributed by atoms with Crippen molar-refractivity contribution in [2.45, 2.75) is 13.8 Å². The van der Waals surface area contributed by atoms with Crippen LogP contribution in [0.4, 0.5) is 5.69 Å². The van der Waals surface area contributed by atoms with Crippen LogP contribution >= 0.6 is 12.2 Å². The summed E-state index contributed by atoms with van der Waals surface area (Å²) in [6, 6.07) is 10.6. The zero-order chi connectivity index (χ0) is 16.1. The van der Waals surface area contributed by atoms with Crippen LogP contribution in [0.1, 0.15) is 16.7 Å². The minimum absolute atomic E-state index is 0.194. The highest BCUT2D eigenvalue weighted by molar-refractivity contribution is 7.80. The molecule has 0 aliphatic carbocycles. The number of para-hydroxylation sites is 2. The molecular formula is C16H17N3O2S. The maximum absolute atomic E-state index is 9.65. The lowest BCUT2D eigenvalue weighted by molar-refractivity contribution is 0.403. The second kappa shape index (κ2) is 6.91. The SMILES string of the molecule is Cc1cccc(C)c1NC(=S)N/N=C\c1cccc(O)c1O. The van der Waals surface area contributed by atoms with Crippen molar-refractivity contribution >= 4 is 29.2 Å². The largest absolute Gasteiger partial charge is 0.504 e. The molecule has 4 N–H and O–H groups in total. The highest BCUT2D eigenvalue weighted by Gasteiger charge is 2.04. The maximum atomic E-state index is 9.65. The van der Waals surface area contributed by atoms with Crippen LogP contribution in [0.3, 0.4) is 0 Å². The van der Waals surface area contributed by atoms with Crippen LogP contribution in [-0.2, 0) is 0 Å². The van der Waals surface area contributed by atoms with E-state index >= 15 is 0 Å². The highest BCUT2D eigenvalue weighted by Crippen LogP contribution is 2.26. The maximum Gasteiger partial charge on any atom is 0.191 e. The standard InChI is InChI=1S/C16H17N3O2S/c1-10-5-3-6-11(2)14(10)18-16(22)19-17-9-12-7-4-8-13(20)15(12)21/h3-9,20-21H,1-2H3,(H2,18,19,22)/b17-9-. The fraction of sp³-hybridized carbons (Fsp3) is 0.125. The van der Waals surface area contributed by atoms with E-state index in [1.54, 1.807) is 12.1 Å². The fourth-order valence-corrected chi connectivity index (χ4v) is 2.12. The Morgan fingerprint density at radius 3 is 2.41 bits per heavy atom. The van der Waals surface area contributed by atoms with Crippen molar-refractivity contribution in [1.82, 2.24) is 5.43 Å². The van der Waals surface area contributed by atoms with Gasteiger partial charge in [-0.1, -0.05) is 24.3 Å². The Hall–Kier alpha value is -2.60. The summed E-state index contributed by atoms with van der Waals surface area (Å²) in [5.41, 5.74) is 6.17. The number of nitrogens with one attached hydrogen (secondary N) is 2. The van der Waals surface area contributed by atoms with Gasteiger partial charge in [-0.25, -0.2) is 0 Å². The predicted octanol–water partition coefficient (Wildman–Crippen LogP) is 3.04. The molecule has 2 aromatic rings. The number of hydrogen-bond donors (Lipinski definition) is 4. The van der Waals surface area contributed by atoms with Crippen LogP contribution in [0.25, 0.3) is 0 Å². The minimum atomic E-state index is -0.221. The quantitative estimate of drug-likeness (QED) is 0.303. The molecule has 0 saturated heterocycles. The van der Waals surface area contributed by atoms with Crippen molar-refractivity contribution in [3.63, 3.8) is 0 Å². The summed E-state index contributed by atoms with van der Waals surface area (Å²) >= 11 is 5.18. The number of benzene rings is 2. The average molecular weight is 315 g/mol. The van der Waals surface area contributed by atoms with Gasteiger partial charge in [0.05, 0.1) is 6.21 Å². The Balaban J connectivity index is 2.01. The third kappa shape index (κ3) is 3.73. The molecule has 0 fully saturated rings. The molecule has 114 valence electrons. The Morgan fingerprint density at radius 1 is 1.09 bits per heavy atom. The third-order valence-corrected chi connectivity index (χ3v) is 3.33. The first kappa shape index (κ1) is 15.8. The molecule has 22 heavy (non-hydrogen) atoms. The molecule has 0 aliphatic heterocycles. The topological polar surface area (TPSA) is 76.9 Å². The molecule has 6 heteroatoms. The van der Waals surface area contributed by atoms with Gasteiger partial charge in [-0.05, 0) is 49.3 Å². The second-order valence-electron chi connectivity index (χ2n) is 4.81. The summed E-state index contributed by atoms with van der Waals surface area (Å²) < 4.78 is 0. The van der Waals surface area contributed by atoms with Crippen molar-refractivity contribution < 1.29 is 10.2 Å². The third-order valence-electron chi connectivity index (χ3n) is 3.14. The first-order chi connectivity index (χ1) is 10.5. The average Bonchev–Trinajstić information content (AvgIpc) is 2.47. The van der Waals surface area contributed by atoms with Gasteiger partial charge in [0.15, 0.2) is 16.6 Å². The zero-order valence-electron chi connectivity index (χ0n) is 12.3. The van der Waals surface area contributed by atoms with Gasteiger partial charge in [-0.2, -0.15) is 5.10 Å². The molecule has 2 aromatic carbocycles. The molecule has 0 unspecified atom stereocenters. The van der Waals surface area contributed by atoms with E-state index in [1.165, 1.54) is 12.3 Å². The van der Waals surface area contributed by atoms with Gasteiger partial charge in [0, 0.05) is 11.3 Å². The van der Waals surface area contributed by atoms with E-state index in [2.05, 4.69) is 15.8 Å². The van der Waals surface area contributed by atoms with Crippen LogP contribution in [0.15, 0.2) is 41.5 Å². The van der Waals surface area contributed by atoms with Gasteiger partial charge < -0.3 is 15.5 Å². The lowest BCUT2D eigenvalue weighted by Gasteiger charge is -2.12. The van der Waals surface area contributed by atoms with E-state index in [4.69, 9.17) is 12.2 Å². The summed E-state index contributed by atoms with van der Waals surface area (Å²) in [4.78, 5) is 0. The smallest absolute Gasteiger partial charge is 0.191 e. The summed E-state index contributed by atoms with van der Waals surface area (Å²) in [5.74, 6) is -0.415. The Morgan fingerprint density at radius 2 is 1.73 bits per heavy atom. The van der Waals surface area contributed by atoms with Crippen LogP contribution < -0.4 is 10.7 Å². The normalized spacial score (nSPS) is 10.6. The molecule has 0 bridgehead atoms. The van der Waals surface area contributed by atoms with Crippen molar-refractivity contribution in [2.75, 3.05) is 5.32 Å². The second-order valence-corrected chi connectivity index (χ2v) is 5.21. The molecule has 0 heterocycles. The summed E-state index contributed by atoms with van der Waals surface area (Å²) in [5, 5.41) is 26.4. The summed E-state index contributed by atoms with van der Waals surface area (Å²) in [7, 11) is 0. The number of hydrogen-bond acceptors (Lipinski definition) is 4. The lowest BCUT2D eigenvalue weighted by Crippen LogP contribution is -2.24. The molecule has 5 nitrogen and oxygen atoms in total. The van der Waals surface area contributed by atoms with Gasteiger partial charge in [-0.15, -0.1) is 0 Å². The Labute approximate surface area is 134 Å². The van der Waals surface area contributed by atoms with Crippen LogP contribution in [0.2, 0.25) is 0 Å². The van der Waals surface area contributed by atoms with E-state index in [0.29, 0.717) is 10.7 Å². The number of anilines is 1. The van der Waals surface area contributed by atoms with Crippen LogP contribution in [0.5, 0.6) is 11.5 Å². The van der Waals surface area contributed by atoms with Gasteiger partial charge in [0.2, 0.25) is 0 Å². The number of phenols is 2. The van der Waals surface area contributed by atoms with Crippen LogP contribution in [0, 0.1) is 13.8 Å². The number of aromatic hydroxyl groups is 2. The molecule has 0 aliphatic rings. The number of thiocarbonyl (C=S) groups is 1. The van der Waals surface area contributed by atoms with Gasteiger partial charge in [0.25, 0.3) is 0 Å². The van der Waals surface area contributed by atoms with E-state index < -0.39 is 0 Å². The predicted molar refractivity (Wildman–Crippen MR) is 92.6 cm³/mol. The van der Waals surface area contributed by atoms with Crippen molar-refractivity contribution in [1.29, 1.82) is 0 Å². The Bertz CT molecular complexity index is 709. The summed E-state index contributed by atoms with van der Waals surface area (Å²) in [6.45, 7) is 3.98. The first-order valence-corrected chi connectivity index (χ1v) is 7.07. The van der Waals surface area contributed by atoms with Crippen molar-refractivity contribution in [2.24, 2.45) is 5.10 Å².